The first-order valence-electron chi connectivity index (χ1n) is 7.23. The minimum absolute atomic E-state index is 0.601. The van der Waals surface area contributed by atoms with Gasteiger partial charge in [0.25, 0.3) is 0 Å². The molecule has 0 bridgehead atoms. The average Bonchev–Trinajstić information content (AvgIpc) is 2.97. The monoisotopic (exact) mass is 240 g/mol. The molecule has 0 amide bonds. The molecule has 2 aliphatic rings. The molecule has 1 N–H and O–H groups in total. The van der Waals surface area contributed by atoms with Gasteiger partial charge in [0.1, 0.15) is 0 Å². The summed E-state index contributed by atoms with van der Waals surface area (Å²) in [6, 6.07) is 0.601. The van der Waals surface area contributed by atoms with Gasteiger partial charge in [0.2, 0.25) is 0 Å². The van der Waals surface area contributed by atoms with Crippen molar-refractivity contribution in [3.05, 3.63) is 0 Å². The number of rotatable bonds is 6. The Bertz CT molecular complexity index is 210. The fourth-order valence-electron chi connectivity index (χ4n) is 3.39. The van der Waals surface area contributed by atoms with Crippen LogP contribution in [0.1, 0.15) is 32.1 Å². The van der Waals surface area contributed by atoms with E-state index < -0.39 is 0 Å². The van der Waals surface area contributed by atoms with E-state index in [4.69, 9.17) is 4.74 Å². The SMILES string of the molecule is CNC(CN(C)CC1CCCC1)C1CCOC1. The lowest BCUT2D eigenvalue weighted by Crippen LogP contribution is -2.44. The van der Waals surface area contributed by atoms with Gasteiger partial charge in [0, 0.05) is 31.7 Å². The van der Waals surface area contributed by atoms with E-state index in [9.17, 15) is 0 Å². The van der Waals surface area contributed by atoms with Crippen LogP contribution in [0.4, 0.5) is 0 Å². The van der Waals surface area contributed by atoms with Gasteiger partial charge in [0.05, 0.1) is 6.61 Å². The van der Waals surface area contributed by atoms with Crippen LogP contribution >= 0.6 is 0 Å². The molecule has 17 heavy (non-hydrogen) atoms. The highest BCUT2D eigenvalue weighted by Crippen LogP contribution is 2.25. The largest absolute Gasteiger partial charge is 0.381 e. The maximum Gasteiger partial charge on any atom is 0.0510 e. The molecule has 3 nitrogen and oxygen atoms in total. The third-order valence-corrected chi connectivity index (χ3v) is 4.46. The first-order chi connectivity index (χ1) is 8.29. The van der Waals surface area contributed by atoms with Crippen molar-refractivity contribution in [3.8, 4) is 0 Å². The summed E-state index contributed by atoms with van der Waals surface area (Å²) in [5.41, 5.74) is 0. The van der Waals surface area contributed by atoms with Gasteiger partial charge in [-0.05, 0) is 39.3 Å². The number of hydrogen-bond donors (Lipinski definition) is 1. The van der Waals surface area contributed by atoms with Crippen molar-refractivity contribution in [2.45, 2.75) is 38.1 Å². The molecule has 3 heteroatoms. The van der Waals surface area contributed by atoms with Crippen molar-refractivity contribution in [3.63, 3.8) is 0 Å². The Morgan fingerprint density at radius 2 is 2.06 bits per heavy atom. The van der Waals surface area contributed by atoms with Crippen molar-refractivity contribution >= 4 is 0 Å². The van der Waals surface area contributed by atoms with Gasteiger partial charge in [-0.15, -0.1) is 0 Å². The molecular weight excluding hydrogens is 212 g/mol. The van der Waals surface area contributed by atoms with Crippen molar-refractivity contribution in [2.75, 3.05) is 40.4 Å². The van der Waals surface area contributed by atoms with Crippen LogP contribution in [0.2, 0.25) is 0 Å². The third-order valence-electron chi connectivity index (χ3n) is 4.46. The number of ether oxygens (including phenoxy) is 1. The van der Waals surface area contributed by atoms with Gasteiger partial charge in [-0.25, -0.2) is 0 Å². The number of nitrogens with zero attached hydrogens (tertiary/aromatic N) is 1. The molecule has 100 valence electrons. The second-order valence-electron chi connectivity index (χ2n) is 5.89. The molecule has 1 aliphatic heterocycles. The predicted octanol–water partition coefficient (Wildman–Crippen LogP) is 1.73. The van der Waals surface area contributed by atoms with Gasteiger partial charge in [0.15, 0.2) is 0 Å². The smallest absolute Gasteiger partial charge is 0.0510 e. The van der Waals surface area contributed by atoms with E-state index in [0.717, 1.165) is 19.1 Å². The Morgan fingerprint density at radius 1 is 1.29 bits per heavy atom. The summed E-state index contributed by atoms with van der Waals surface area (Å²) in [5.74, 6) is 1.67. The first kappa shape index (κ1) is 13.3. The van der Waals surface area contributed by atoms with Gasteiger partial charge >= 0.3 is 0 Å². The summed E-state index contributed by atoms with van der Waals surface area (Å²) < 4.78 is 5.50. The Balaban J connectivity index is 1.72. The van der Waals surface area contributed by atoms with Crippen molar-refractivity contribution in [1.82, 2.24) is 10.2 Å². The summed E-state index contributed by atoms with van der Waals surface area (Å²) in [4.78, 5) is 2.52. The minimum Gasteiger partial charge on any atom is -0.381 e. The summed E-state index contributed by atoms with van der Waals surface area (Å²) >= 11 is 0. The van der Waals surface area contributed by atoms with Crippen LogP contribution in [0.25, 0.3) is 0 Å². The molecule has 0 radical (unpaired) electrons. The van der Waals surface area contributed by atoms with Crippen LogP contribution in [0.5, 0.6) is 0 Å². The summed E-state index contributed by atoms with van der Waals surface area (Å²) in [7, 11) is 4.37. The maximum absolute atomic E-state index is 5.50. The fourth-order valence-corrected chi connectivity index (χ4v) is 3.39. The average molecular weight is 240 g/mol. The fraction of sp³-hybridized carbons (Fsp3) is 1.00. The Kier molecular flexibility index (Phi) is 5.26. The standard InChI is InChI=1S/C14H28N2O/c1-15-14(13-7-8-17-11-13)10-16(2)9-12-5-3-4-6-12/h12-15H,3-11H2,1-2H3. The van der Waals surface area contributed by atoms with Crippen LogP contribution in [0.15, 0.2) is 0 Å². The number of nitrogens with one attached hydrogen (secondary N) is 1. The molecular formula is C14H28N2O. The van der Waals surface area contributed by atoms with E-state index in [-0.39, 0.29) is 0 Å². The normalized spacial score (nSPS) is 28.1. The summed E-state index contributed by atoms with van der Waals surface area (Å²) in [6.07, 6.45) is 7.01. The molecule has 0 aromatic heterocycles. The van der Waals surface area contributed by atoms with E-state index in [2.05, 4.69) is 24.3 Å². The molecule has 2 rings (SSSR count). The molecule has 1 saturated carbocycles. The zero-order valence-corrected chi connectivity index (χ0v) is 11.5. The van der Waals surface area contributed by atoms with E-state index in [1.54, 1.807) is 0 Å². The Labute approximate surface area is 106 Å². The Hall–Kier alpha value is -0.120. The minimum atomic E-state index is 0.601. The highest BCUT2D eigenvalue weighted by molar-refractivity contribution is 4.81. The summed E-state index contributed by atoms with van der Waals surface area (Å²) in [6.45, 7) is 4.35. The van der Waals surface area contributed by atoms with Crippen LogP contribution in [0, 0.1) is 11.8 Å². The molecule has 1 saturated heterocycles. The number of hydrogen-bond acceptors (Lipinski definition) is 3. The van der Waals surface area contributed by atoms with Gasteiger partial charge in [-0.2, -0.15) is 0 Å². The van der Waals surface area contributed by atoms with Crippen LogP contribution in [-0.2, 0) is 4.74 Å². The van der Waals surface area contributed by atoms with Gasteiger partial charge in [-0.1, -0.05) is 12.8 Å². The van der Waals surface area contributed by atoms with E-state index >= 15 is 0 Å². The third kappa shape index (κ3) is 3.94. The lowest BCUT2D eigenvalue weighted by atomic mass is 9.98. The zero-order valence-electron chi connectivity index (χ0n) is 11.5. The Morgan fingerprint density at radius 3 is 2.65 bits per heavy atom. The molecule has 0 aromatic rings. The van der Waals surface area contributed by atoms with Crippen LogP contribution in [-0.4, -0.2) is 51.3 Å². The topological polar surface area (TPSA) is 24.5 Å². The highest BCUT2D eigenvalue weighted by Gasteiger charge is 2.26. The summed E-state index contributed by atoms with van der Waals surface area (Å²) in [5, 5.41) is 3.48. The second-order valence-corrected chi connectivity index (χ2v) is 5.89. The second kappa shape index (κ2) is 6.72. The highest BCUT2D eigenvalue weighted by atomic mass is 16.5. The zero-order chi connectivity index (χ0) is 12.1. The van der Waals surface area contributed by atoms with E-state index in [1.165, 1.54) is 45.2 Å². The lowest BCUT2D eigenvalue weighted by Gasteiger charge is -2.29. The van der Waals surface area contributed by atoms with Crippen molar-refractivity contribution in [2.24, 2.45) is 11.8 Å². The van der Waals surface area contributed by atoms with Gasteiger partial charge < -0.3 is 15.0 Å². The molecule has 2 unspecified atom stereocenters. The van der Waals surface area contributed by atoms with E-state index in [1.807, 2.05) is 0 Å². The first-order valence-corrected chi connectivity index (χ1v) is 7.23. The molecule has 2 atom stereocenters. The van der Waals surface area contributed by atoms with Crippen molar-refractivity contribution in [1.29, 1.82) is 0 Å². The van der Waals surface area contributed by atoms with Crippen molar-refractivity contribution < 1.29 is 4.74 Å². The predicted molar refractivity (Wildman–Crippen MR) is 71.2 cm³/mol. The number of likely N-dealkylation sites (N-methyl/N-ethyl adjacent to an activating group) is 2. The molecule has 1 heterocycles. The van der Waals surface area contributed by atoms with Crippen LogP contribution in [0.3, 0.4) is 0 Å². The van der Waals surface area contributed by atoms with Gasteiger partial charge in [-0.3, -0.25) is 0 Å². The van der Waals surface area contributed by atoms with E-state index in [0.29, 0.717) is 12.0 Å². The lowest BCUT2D eigenvalue weighted by molar-refractivity contribution is 0.165. The quantitative estimate of drug-likeness (QED) is 0.765. The maximum atomic E-state index is 5.50. The molecule has 2 fully saturated rings. The van der Waals surface area contributed by atoms with Crippen LogP contribution < -0.4 is 5.32 Å². The molecule has 1 aliphatic carbocycles. The molecule has 0 aromatic carbocycles. The molecule has 0 spiro atoms.